The van der Waals surface area contributed by atoms with E-state index in [-0.39, 0.29) is 18.0 Å². The van der Waals surface area contributed by atoms with Crippen molar-refractivity contribution in [3.05, 3.63) is 53.6 Å². The molecule has 38 heteroatoms. The average molecular weight is 1330 g/mol. The minimum atomic E-state index is -2.29. The van der Waals surface area contributed by atoms with Crippen LogP contribution in [0, 0.1) is 0 Å². The molecule has 0 aliphatic carbocycles. The lowest BCUT2D eigenvalue weighted by atomic mass is 9.96. The number of aromatic hydroxyl groups is 1. The number of nitrogens with one attached hydrogen (secondary N) is 1. The molecule has 0 spiro atoms. The van der Waals surface area contributed by atoms with E-state index in [4.69, 9.17) is 71.1 Å². The zero-order chi connectivity index (χ0) is 66.6. The highest BCUT2D eigenvalue weighted by molar-refractivity contribution is 5.94. The Kier molecular flexibility index (Phi) is 24.7. The SMILES string of the molecule is O=C(Nc1ccc(O)c(C(=O)O)c1)OCc1ccc(O[C@@H]2OC[C@@H](O[C@@H]3OCC(O[C@H]4OC[C@@H](O)C(O)C4O)C[C@@H](O[C@@H]4OC(CO[C@H]5OC[C@@H](O)C(O)C5O)[C@@H](O[C@@H]5OC(CO[C@H]6OC[C@@H](O)C(O)C6O)[C@@H](O)C(O)C5O)C(O)C4O)C(O)C3O)C(O)C2O)cc1. The summed E-state index contributed by atoms with van der Waals surface area (Å²) in [6.07, 6.45) is -59.4. The van der Waals surface area contributed by atoms with Crippen LogP contribution in [-0.4, -0.2) is 351 Å². The first-order chi connectivity index (χ1) is 43.7. The number of carboxylic acid groups (broad SMARTS) is 1. The molecule has 520 valence electrons. The second-order valence-electron chi connectivity index (χ2n) is 22.8. The number of hydrogen-bond acceptors (Lipinski definition) is 36. The number of phenols is 1. The minimum absolute atomic E-state index is 0.0269. The Morgan fingerprint density at radius 3 is 1.55 bits per heavy atom. The van der Waals surface area contributed by atoms with Gasteiger partial charge in [-0.05, 0) is 35.9 Å². The third kappa shape index (κ3) is 16.8. The second-order valence-corrected chi connectivity index (χ2v) is 22.8. The molecule has 7 fully saturated rings. The number of aromatic carboxylic acids is 1. The molecule has 0 saturated carbocycles. The smallest absolute Gasteiger partial charge is 0.411 e. The Hall–Kier alpha value is -4.46. The molecule has 0 radical (unpaired) electrons. The number of rotatable bonds is 20. The summed E-state index contributed by atoms with van der Waals surface area (Å²) >= 11 is 0. The van der Waals surface area contributed by atoms with Gasteiger partial charge in [0, 0.05) is 12.1 Å². The molecular weight excluding hydrogens is 1250 g/mol. The fourth-order valence-corrected chi connectivity index (χ4v) is 10.7. The number of aliphatic hydroxyl groups excluding tert-OH is 18. The Morgan fingerprint density at radius 1 is 0.457 bits per heavy atom. The highest BCUT2D eigenvalue weighted by Gasteiger charge is 2.55. The number of carboxylic acids is 1. The van der Waals surface area contributed by atoms with Crippen LogP contribution in [0.1, 0.15) is 22.3 Å². The summed E-state index contributed by atoms with van der Waals surface area (Å²) in [6, 6.07) is 9.11. The summed E-state index contributed by atoms with van der Waals surface area (Å²) in [7, 11) is 0. The number of aliphatic hydroxyl groups is 18. The number of carbonyl (C=O) groups excluding carboxylic acids is 1. The van der Waals surface area contributed by atoms with Crippen LogP contribution in [0.4, 0.5) is 10.5 Å². The van der Waals surface area contributed by atoms with Crippen LogP contribution in [0.15, 0.2) is 42.5 Å². The van der Waals surface area contributed by atoms with Crippen molar-refractivity contribution in [2.24, 2.45) is 0 Å². The quantitative estimate of drug-likeness (QED) is 0.0547. The first kappa shape index (κ1) is 71.8. The summed E-state index contributed by atoms with van der Waals surface area (Å²) < 4.78 is 85.4. The van der Waals surface area contributed by atoms with Crippen LogP contribution in [0.5, 0.6) is 11.5 Å². The third-order valence-corrected chi connectivity index (χ3v) is 16.2. The Bertz CT molecular complexity index is 2670. The monoisotopic (exact) mass is 1330 g/mol. The number of carbonyl (C=O) groups is 2. The molecule has 0 bridgehead atoms. The van der Waals surface area contributed by atoms with E-state index >= 15 is 0 Å². The van der Waals surface area contributed by atoms with E-state index in [1.54, 1.807) is 0 Å². The van der Waals surface area contributed by atoms with Crippen molar-refractivity contribution >= 4 is 17.7 Å². The maximum absolute atomic E-state index is 12.4. The van der Waals surface area contributed by atoms with Crippen molar-refractivity contribution in [3.63, 3.8) is 0 Å². The lowest BCUT2D eigenvalue weighted by molar-refractivity contribution is -0.377. The van der Waals surface area contributed by atoms with Gasteiger partial charge in [-0.15, -0.1) is 0 Å². The normalized spacial score (nSPS) is 43.9. The molecule has 7 heterocycles. The zero-order valence-corrected chi connectivity index (χ0v) is 48.2. The van der Waals surface area contributed by atoms with E-state index in [0.29, 0.717) is 5.56 Å². The van der Waals surface area contributed by atoms with Crippen molar-refractivity contribution in [1.29, 1.82) is 0 Å². The maximum atomic E-state index is 12.4. The number of amides is 1. The molecule has 17 unspecified atom stereocenters. The zero-order valence-electron chi connectivity index (χ0n) is 48.2. The van der Waals surface area contributed by atoms with Gasteiger partial charge >= 0.3 is 12.1 Å². The molecule has 38 nitrogen and oxygen atoms in total. The summed E-state index contributed by atoms with van der Waals surface area (Å²) in [5, 5.41) is 217. The molecule has 9 rings (SSSR count). The van der Waals surface area contributed by atoms with Crippen LogP contribution in [-0.2, 0) is 72.9 Å². The van der Waals surface area contributed by atoms with Crippen LogP contribution in [0.2, 0.25) is 0 Å². The average Bonchev–Trinajstić information content (AvgIpc) is 1.08. The first-order valence-electron chi connectivity index (χ1n) is 28.9. The van der Waals surface area contributed by atoms with Crippen LogP contribution < -0.4 is 10.1 Å². The molecule has 31 atom stereocenters. The molecule has 7 saturated heterocycles. The van der Waals surface area contributed by atoms with Crippen molar-refractivity contribution < 1.29 is 183 Å². The van der Waals surface area contributed by atoms with Gasteiger partial charge in [0.15, 0.2) is 37.7 Å². The van der Waals surface area contributed by atoms with Crippen molar-refractivity contribution in [1.82, 2.24) is 0 Å². The van der Waals surface area contributed by atoms with Gasteiger partial charge in [0.05, 0.1) is 58.5 Å². The van der Waals surface area contributed by atoms with Gasteiger partial charge in [0.25, 0.3) is 0 Å². The van der Waals surface area contributed by atoms with E-state index in [1.165, 1.54) is 30.3 Å². The largest absolute Gasteiger partial charge is 0.507 e. The van der Waals surface area contributed by atoms with E-state index in [1.807, 2.05) is 0 Å². The van der Waals surface area contributed by atoms with E-state index < -0.39 is 267 Å². The molecule has 0 aromatic heterocycles. The van der Waals surface area contributed by atoms with Gasteiger partial charge in [0.1, 0.15) is 158 Å². The van der Waals surface area contributed by atoms with Gasteiger partial charge < -0.3 is 173 Å². The van der Waals surface area contributed by atoms with E-state index in [9.17, 15) is 112 Å². The standard InChI is InChI=1S/C54H77NO37/c56-22-6-3-18(7-21(22)46(75)76)55-54(77)85-9-17-1-4-19(5-2-17)86-50-42(72)35(65)28(15-84-50)89-51-41(71)33(63)26(8-20(10-78-51)87-49-40(70)32(62)25(59)13-81-49)88-52-44(74)37(67)45(29(91-52)16-83-48-39(69)31(61)24(58)12-80-48)92-53-43(73)36(66)34(64)27(90-53)14-82-47-38(68)30(60)23(57)11-79-47/h1-7,20,23-45,47-53,56-74H,8-16H2,(H,55,77)(H,75,76)/t20?,23-,24-,25-,26-,27?,28-,29?,30?,31?,32?,33?,34-,35?,36?,37?,38?,39?,40?,41?,42?,43?,44?,45-,47-,48-,49-,50+,51+,52-,53+/m1/s1. The lowest BCUT2D eigenvalue weighted by Crippen LogP contribution is -2.66. The second kappa shape index (κ2) is 31.6. The van der Waals surface area contributed by atoms with E-state index in [2.05, 4.69) is 5.32 Å². The minimum Gasteiger partial charge on any atom is -0.507 e. The summed E-state index contributed by atoms with van der Waals surface area (Å²) in [6.45, 7) is -4.77. The fraction of sp³-hybridized carbons (Fsp3) is 0.741. The Labute approximate surface area is 519 Å². The molecule has 2 aromatic rings. The molecule has 2 aromatic carbocycles. The predicted molar refractivity (Wildman–Crippen MR) is 286 cm³/mol. The summed E-state index contributed by atoms with van der Waals surface area (Å²) in [4.78, 5) is 23.8. The highest BCUT2D eigenvalue weighted by Crippen LogP contribution is 2.35. The summed E-state index contributed by atoms with van der Waals surface area (Å²) in [5.74, 6) is -1.86. The van der Waals surface area contributed by atoms with Crippen LogP contribution >= 0.6 is 0 Å². The molecule has 21 N–H and O–H groups in total. The Balaban J connectivity index is 0.875. The number of anilines is 1. The lowest BCUT2D eigenvalue weighted by Gasteiger charge is -2.48. The maximum Gasteiger partial charge on any atom is 0.411 e. The molecule has 92 heavy (non-hydrogen) atoms. The fourth-order valence-electron chi connectivity index (χ4n) is 10.7. The highest BCUT2D eigenvalue weighted by atomic mass is 16.8. The van der Waals surface area contributed by atoms with E-state index in [0.717, 1.165) is 12.1 Å². The topological polar surface area (TPSA) is 589 Å². The predicted octanol–water partition coefficient (Wildman–Crippen LogP) is -10.1. The van der Waals surface area contributed by atoms with Gasteiger partial charge in [-0.3, -0.25) is 5.32 Å². The van der Waals surface area contributed by atoms with Gasteiger partial charge in [-0.1, -0.05) is 12.1 Å². The van der Waals surface area contributed by atoms with Crippen molar-refractivity contribution in [3.8, 4) is 11.5 Å². The number of hydrogen-bond donors (Lipinski definition) is 21. The van der Waals surface area contributed by atoms with Crippen LogP contribution in [0.25, 0.3) is 0 Å². The molecule has 7 aliphatic rings. The van der Waals surface area contributed by atoms with Gasteiger partial charge in [0.2, 0.25) is 6.29 Å². The number of benzene rings is 2. The molecule has 1 amide bonds. The van der Waals surface area contributed by atoms with Gasteiger partial charge in [-0.25, -0.2) is 9.59 Å². The van der Waals surface area contributed by atoms with Crippen molar-refractivity contribution in [2.75, 3.05) is 51.6 Å². The number of ether oxygens (including phenoxy) is 15. The molecule has 7 aliphatic heterocycles. The van der Waals surface area contributed by atoms with Gasteiger partial charge in [-0.2, -0.15) is 0 Å². The summed E-state index contributed by atoms with van der Waals surface area (Å²) in [5.41, 5.74) is 0.00375. The van der Waals surface area contributed by atoms with Crippen molar-refractivity contribution in [2.45, 2.75) is 204 Å². The third-order valence-electron chi connectivity index (χ3n) is 16.2. The Morgan fingerprint density at radius 2 is 0.935 bits per heavy atom. The van der Waals surface area contributed by atoms with Crippen LogP contribution in [0.3, 0.4) is 0 Å². The first-order valence-corrected chi connectivity index (χ1v) is 28.9. The molecular formula is C54H77NO37.